The molecule has 1 aliphatic rings. The summed E-state index contributed by atoms with van der Waals surface area (Å²) >= 11 is 6.04. The van der Waals surface area contributed by atoms with E-state index in [-0.39, 0.29) is 35.0 Å². The van der Waals surface area contributed by atoms with Gasteiger partial charge in [0.2, 0.25) is 0 Å². The van der Waals surface area contributed by atoms with Gasteiger partial charge in [0.05, 0.1) is 5.02 Å². The van der Waals surface area contributed by atoms with Crippen LogP contribution < -0.4 is 10.6 Å². The predicted molar refractivity (Wildman–Crippen MR) is 141 cm³/mol. The second-order valence-electron chi connectivity index (χ2n) is 8.80. The van der Waals surface area contributed by atoms with Crippen molar-refractivity contribution in [1.82, 2.24) is 15.1 Å². The molecule has 1 aromatic heterocycles. The van der Waals surface area contributed by atoms with Gasteiger partial charge in [-0.3, -0.25) is 9.89 Å². The molecule has 2 heterocycles. The van der Waals surface area contributed by atoms with E-state index >= 15 is 0 Å². The van der Waals surface area contributed by atoms with Crippen LogP contribution in [0.15, 0.2) is 60.7 Å². The fourth-order valence-corrected chi connectivity index (χ4v) is 4.47. The van der Waals surface area contributed by atoms with E-state index in [0.717, 1.165) is 22.5 Å². The van der Waals surface area contributed by atoms with Crippen molar-refractivity contribution < 1.29 is 19.8 Å². The molecule has 0 spiro atoms. The largest absolute Gasteiger partial charge is 0.507 e. The number of nitrogens with zero attached hydrogens (tertiary/aromatic N) is 2. The lowest BCUT2D eigenvalue weighted by atomic mass is 9.99. The Balaban J connectivity index is 1.28. The second-order valence-corrected chi connectivity index (χ2v) is 9.21. The summed E-state index contributed by atoms with van der Waals surface area (Å²) in [6.07, 6.45) is 0.569. The number of hydrogen-bond donors (Lipinski definition) is 5. The van der Waals surface area contributed by atoms with Crippen molar-refractivity contribution in [3.05, 3.63) is 88.1 Å². The van der Waals surface area contributed by atoms with Crippen molar-refractivity contribution in [2.24, 2.45) is 0 Å². The molecular weight excluding hydrogens is 494 g/mol. The van der Waals surface area contributed by atoms with Gasteiger partial charge in [0.1, 0.15) is 17.2 Å². The number of H-pyrrole nitrogens is 1. The van der Waals surface area contributed by atoms with Crippen molar-refractivity contribution in [2.45, 2.75) is 19.9 Å². The summed E-state index contributed by atoms with van der Waals surface area (Å²) in [4.78, 5) is 27.3. The number of carbonyl (C=O) groups is 2. The van der Waals surface area contributed by atoms with Crippen molar-refractivity contribution in [2.75, 3.05) is 17.2 Å². The lowest BCUT2D eigenvalue weighted by Gasteiger charge is -2.27. The summed E-state index contributed by atoms with van der Waals surface area (Å²) in [7, 11) is 0. The zero-order chi connectivity index (χ0) is 26.1. The molecule has 4 aromatic rings. The summed E-state index contributed by atoms with van der Waals surface area (Å²) in [6, 6.07) is 16.4. The van der Waals surface area contributed by atoms with Gasteiger partial charge in [0.15, 0.2) is 0 Å². The van der Waals surface area contributed by atoms with Crippen molar-refractivity contribution in [1.29, 1.82) is 0 Å². The van der Waals surface area contributed by atoms with Gasteiger partial charge < -0.3 is 25.7 Å². The maximum atomic E-state index is 13.2. The summed E-state index contributed by atoms with van der Waals surface area (Å²) in [5, 5.41) is 33.1. The molecule has 0 bridgehead atoms. The minimum Gasteiger partial charge on any atom is -0.507 e. The summed E-state index contributed by atoms with van der Waals surface area (Å²) in [6.45, 7) is 2.69. The Labute approximate surface area is 217 Å². The Morgan fingerprint density at radius 3 is 2.54 bits per heavy atom. The van der Waals surface area contributed by atoms with E-state index in [4.69, 9.17) is 11.6 Å². The number of para-hydroxylation sites is 1. The molecule has 0 unspecified atom stereocenters. The average molecular weight is 518 g/mol. The monoisotopic (exact) mass is 517 g/mol. The second kappa shape index (κ2) is 9.87. The van der Waals surface area contributed by atoms with Gasteiger partial charge in [-0.15, -0.1) is 0 Å². The number of urea groups is 1. The first-order valence-corrected chi connectivity index (χ1v) is 12.0. The molecule has 188 valence electrons. The van der Waals surface area contributed by atoms with Crippen LogP contribution in [0.5, 0.6) is 11.5 Å². The summed E-state index contributed by atoms with van der Waals surface area (Å²) in [5.74, 6) is -0.550. The number of hydrogen-bond acceptors (Lipinski definition) is 5. The van der Waals surface area contributed by atoms with E-state index in [1.165, 1.54) is 12.1 Å². The topological polar surface area (TPSA) is 131 Å². The van der Waals surface area contributed by atoms with Gasteiger partial charge in [0.25, 0.3) is 5.91 Å². The molecule has 0 saturated carbocycles. The van der Waals surface area contributed by atoms with Crippen LogP contribution in [0.2, 0.25) is 5.02 Å². The molecule has 0 atom stereocenters. The van der Waals surface area contributed by atoms with Crippen LogP contribution in [0.4, 0.5) is 16.2 Å². The molecule has 3 amide bonds. The number of aryl methyl sites for hydroxylation is 1. The Hall–Kier alpha value is -4.50. The summed E-state index contributed by atoms with van der Waals surface area (Å²) < 4.78 is 0. The molecule has 0 fully saturated rings. The van der Waals surface area contributed by atoms with Gasteiger partial charge in [-0.1, -0.05) is 29.8 Å². The third kappa shape index (κ3) is 4.94. The molecule has 1 aliphatic heterocycles. The number of aromatic hydroxyl groups is 2. The maximum Gasteiger partial charge on any atom is 0.323 e. The SMILES string of the molecule is Cc1ccccc1NC(=O)Nc1ccc(C(=O)N2CCc3[nH]nc(-c4cc(Cl)c(O)cc4O)c3C2)cc1. The average Bonchev–Trinajstić information content (AvgIpc) is 3.30. The van der Waals surface area contributed by atoms with E-state index in [9.17, 15) is 19.8 Å². The Kier molecular flexibility index (Phi) is 6.45. The number of benzene rings is 3. The quantitative estimate of drug-likeness (QED) is 0.251. The number of aromatic amines is 1. The van der Waals surface area contributed by atoms with Crippen LogP contribution in [-0.2, 0) is 13.0 Å². The van der Waals surface area contributed by atoms with Crippen molar-refractivity contribution in [3.63, 3.8) is 0 Å². The molecule has 10 heteroatoms. The number of fused-ring (bicyclic) bond motifs is 1. The highest BCUT2D eigenvalue weighted by Gasteiger charge is 2.27. The molecule has 5 rings (SSSR count). The molecule has 0 aliphatic carbocycles. The van der Waals surface area contributed by atoms with Crippen LogP contribution in [0.25, 0.3) is 11.3 Å². The highest BCUT2D eigenvalue weighted by Crippen LogP contribution is 2.39. The van der Waals surface area contributed by atoms with E-state index in [1.54, 1.807) is 29.2 Å². The van der Waals surface area contributed by atoms with E-state index in [0.29, 0.717) is 35.5 Å². The Morgan fingerprint density at radius 2 is 1.78 bits per heavy atom. The molecule has 0 saturated heterocycles. The fourth-order valence-electron chi connectivity index (χ4n) is 4.31. The highest BCUT2D eigenvalue weighted by molar-refractivity contribution is 6.32. The number of nitrogens with one attached hydrogen (secondary N) is 3. The van der Waals surface area contributed by atoms with Gasteiger partial charge in [-0.2, -0.15) is 5.10 Å². The minimum absolute atomic E-state index is 0.0922. The van der Waals surface area contributed by atoms with Crippen LogP contribution in [0.3, 0.4) is 0 Å². The number of phenolic OH excluding ortho intramolecular Hbond substituents is 2. The number of halogens is 1. The zero-order valence-electron chi connectivity index (χ0n) is 19.9. The number of aromatic nitrogens is 2. The number of rotatable bonds is 4. The van der Waals surface area contributed by atoms with Gasteiger partial charge in [0, 0.05) is 59.3 Å². The van der Waals surface area contributed by atoms with Crippen molar-refractivity contribution in [3.8, 4) is 22.8 Å². The van der Waals surface area contributed by atoms with Gasteiger partial charge in [-0.05, 0) is 48.9 Å². The molecule has 9 nitrogen and oxygen atoms in total. The third-order valence-electron chi connectivity index (χ3n) is 6.32. The molecule has 3 aromatic carbocycles. The Morgan fingerprint density at radius 1 is 1.03 bits per heavy atom. The highest BCUT2D eigenvalue weighted by atomic mass is 35.5. The van der Waals surface area contributed by atoms with Crippen LogP contribution in [0.1, 0.15) is 27.2 Å². The first kappa shape index (κ1) is 24.2. The Bertz CT molecular complexity index is 1500. The van der Waals surface area contributed by atoms with Crippen LogP contribution in [0, 0.1) is 6.92 Å². The van der Waals surface area contributed by atoms with Gasteiger partial charge in [-0.25, -0.2) is 4.79 Å². The number of anilines is 2. The molecule has 37 heavy (non-hydrogen) atoms. The van der Waals surface area contributed by atoms with Crippen molar-refractivity contribution >= 4 is 34.9 Å². The first-order chi connectivity index (χ1) is 17.8. The van der Waals surface area contributed by atoms with Crippen LogP contribution in [-0.4, -0.2) is 43.8 Å². The lowest BCUT2D eigenvalue weighted by molar-refractivity contribution is 0.0734. The minimum atomic E-state index is -0.373. The van der Waals surface area contributed by atoms with E-state index < -0.39 is 0 Å². The van der Waals surface area contributed by atoms with E-state index in [1.807, 2.05) is 31.2 Å². The normalized spacial score (nSPS) is 12.6. The fraction of sp³-hybridized carbons (Fsp3) is 0.148. The maximum absolute atomic E-state index is 13.2. The van der Waals surface area contributed by atoms with Crippen LogP contribution >= 0.6 is 11.6 Å². The first-order valence-electron chi connectivity index (χ1n) is 11.6. The van der Waals surface area contributed by atoms with E-state index in [2.05, 4.69) is 20.8 Å². The predicted octanol–water partition coefficient (Wildman–Crippen LogP) is 5.29. The standard InChI is InChI=1S/C27H24ClN5O4/c1-15-4-2-3-5-21(15)30-27(37)29-17-8-6-16(7-9-17)26(36)33-11-10-22-19(14-33)25(32-31-22)18-12-20(28)24(35)13-23(18)34/h2-9,12-13,34-35H,10-11,14H2,1H3,(H,31,32)(H2,29,30,37). The summed E-state index contributed by atoms with van der Waals surface area (Å²) in [5.41, 5.74) is 5.21. The van der Waals surface area contributed by atoms with Gasteiger partial charge >= 0.3 is 6.03 Å². The number of amides is 3. The number of carbonyl (C=O) groups excluding carboxylic acids is 2. The smallest absolute Gasteiger partial charge is 0.323 e. The molecular formula is C27H24ClN5O4. The molecule has 5 N–H and O–H groups in total. The number of phenols is 2. The lowest BCUT2D eigenvalue weighted by Crippen LogP contribution is -2.35. The molecule has 0 radical (unpaired) electrons. The third-order valence-corrected chi connectivity index (χ3v) is 6.63. The zero-order valence-corrected chi connectivity index (χ0v) is 20.6.